The van der Waals surface area contributed by atoms with Crippen molar-refractivity contribution in [1.29, 1.82) is 0 Å². The molecule has 0 heterocycles. The average Bonchev–Trinajstić information content (AvgIpc) is 2.91. The van der Waals surface area contributed by atoms with Crippen molar-refractivity contribution in [2.75, 3.05) is 0 Å². The molecule has 1 fully saturated rings. The summed E-state index contributed by atoms with van der Waals surface area (Å²) in [6.07, 6.45) is 6.52. The number of benzene rings is 1. The van der Waals surface area contributed by atoms with Crippen LogP contribution in [0.1, 0.15) is 99.9 Å². The van der Waals surface area contributed by atoms with Gasteiger partial charge in [-0.05, 0) is 69.1 Å². The Morgan fingerprint density at radius 3 is 2.35 bits per heavy atom. The molecule has 6 heteroatoms. The number of allylic oxidation sites excluding steroid dienone is 1. The molecular weight excluding hydrogens is 432 g/mol. The highest BCUT2D eigenvalue weighted by atomic mass is 16.3. The van der Waals surface area contributed by atoms with Crippen molar-refractivity contribution < 1.29 is 30.0 Å². The highest BCUT2D eigenvalue weighted by Crippen LogP contribution is 2.56. The molecule has 0 saturated heterocycles. The van der Waals surface area contributed by atoms with Gasteiger partial charge in [0.25, 0.3) is 0 Å². The Morgan fingerprint density at radius 2 is 1.79 bits per heavy atom. The summed E-state index contributed by atoms with van der Waals surface area (Å²) in [6, 6.07) is 0. The lowest BCUT2D eigenvalue weighted by atomic mass is 9.73. The number of aldehydes is 1. The lowest BCUT2D eigenvalue weighted by Gasteiger charge is -2.32. The van der Waals surface area contributed by atoms with Gasteiger partial charge in [-0.25, -0.2) is 0 Å². The number of phenols is 3. The fraction of sp³-hybridized carbons (Fsp3) is 0.643. The molecular formula is C28H40O6. The third-order valence-corrected chi connectivity index (χ3v) is 8.12. The lowest BCUT2D eigenvalue weighted by Crippen LogP contribution is -2.30. The maximum atomic E-state index is 12.9. The topological polar surface area (TPSA) is 115 Å². The fourth-order valence-corrected chi connectivity index (χ4v) is 6.02. The maximum absolute atomic E-state index is 12.9. The minimum absolute atomic E-state index is 0.00672. The van der Waals surface area contributed by atoms with Crippen LogP contribution in [0, 0.1) is 29.1 Å². The number of hydrogen-bond donors (Lipinski definition) is 4. The van der Waals surface area contributed by atoms with E-state index in [1.165, 1.54) is 5.57 Å². The average molecular weight is 473 g/mol. The summed E-state index contributed by atoms with van der Waals surface area (Å²) in [5.41, 5.74) is -0.631. The van der Waals surface area contributed by atoms with Crippen LogP contribution in [0.15, 0.2) is 11.6 Å². The first kappa shape index (κ1) is 26.3. The van der Waals surface area contributed by atoms with E-state index < -0.39 is 34.0 Å². The number of aliphatic hydroxyl groups is 1. The van der Waals surface area contributed by atoms with Crippen LogP contribution < -0.4 is 0 Å². The van der Waals surface area contributed by atoms with Crippen LogP contribution in [0.3, 0.4) is 0 Å². The first-order chi connectivity index (χ1) is 15.7. The molecule has 0 spiro atoms. The Labute approximate surface area is 202 Å². The summed E-state index contributed by atoms with van der Waals surface area (Å²) in [5.74, 6) is -1.29. The summed E-state index contributed by atoms with van der Waals surface area (Å²) in [7, 11) is 0. The standard InChI is InChI=1S/C28H40O6/c1-15(2)11-22(30)23-25(32)19(24(31)20(14-29)26(23)33)13-28(6)10-9-18-16(3)7-8-17(12-21(18)28)27(4,5)34/h12,14-18,31-34H,7-11,13H2,1-6H3/t16-,17-,18-,28-/m1/s1. The molecule has 3 rings (SSSR count). The molecule has 0 aromatic heterocycles. The molecule has 188 valence electrons. The van der Waals surface area contributed by atoms with Crippen molar-refractivity contribution in [3.05, 3.63) is 28.3 Å². The van der Waals surface area contributed by atoms with Crippen LogP contribution >= 0.6 is 0 Å². The summed E-state index contributed by atoms with van der Waals surface area (Å²) < 4.78 is 0. The summed E-state index contributed by atoms with van der Waals surface area (Å²) in [4.78, 5) is 24.6. The highest BCUT2D eigenvalue weighted by Gasteiger charge is 2.46. The second kappa shape index (κ2) is 9.37. The van der Waals surface area contributed by atoms with Gasteiger partial charge in [0.1, 0.15) is 22.8 Å². The summed E-state index contributed by atoms with van der Waals surface area (Å²) in [5, 5.41) is 43.3. The van der Waals surface area contributed by atoms with E-state index in [0.29, 0.717) is 18.1 Å². The molecule has 0 radical (unpaired) electrons. The Bertz CT molecular complexity index is 999. The lowest BCUT2D eigenvalue weighted by molar-refractivity contribution is 0.0319. The fourth-order valence-electron chi connectivity index (χ4n) is 6.02. The smallest absolute Gasteiger partial charge is 0.170 e. The van der Waals surface area contributed by atoms with E-state index in [2.05, 4.69) is 19.9 Å². The maximum Gasteiger partial charge on any atom is 0.170 e. The van der Waals surface area contributed by atoms with Crippen molar-refractivity contribution in [3.63, 3.8) is 0 Å². The number of ketones is 1. The molecule has 0 aliphatic heterocycles. The minimum Gasteiger partial charge on any atom is -0.507 e. The van der Waals surface area contributed by atoms with Crippen LogP contribution in [0.25, 0.3) is 0 Å². The molecule has 4 atom stereocenters. The van der Waals surface area contributed by atoms with E-state index in [1.807, 2.05) is 27.7 Å². The van der Waals surface area contributed by atoms with E-state index in [0.717, 1.165) is 25.7 Å². The first-order valence-electron chi connectivity index (χ1n) is 12.4. The molecule has 2 aliphatic carbocycles. The number of fused-ring (bicyclic) bond motifs is 1. The second-order valence-electron chi connectivity index (χ2n) is 11.8. The first-order valence-corrected chi connectivity index (χ1v) is 12.4. The Hall–Kier alpha value is -2.34. The van der Waals surface area contributed by atoms with E-state index in [1.54, 1.807) is 0 Å². The molecule has 34 heavy (non-hydrogen) atoms. The van der Waals surface area contributed by atoms with Gasteiger partial charge in [0.15, 0.2) is 12.1 Å². The SMILES string of the molecule is CC(C)CC(=O)c1c(O)c(C=O)c(O)c(C[C@@]2(C)CC[C@H]3C2=C[C@H](C(C)(C)O)CC[C@H]3C)c1O. The Morgan fingerprint density at radius 1 is 1.15 bits per heavy atom. The van der Waals surface area contributed by atoms with Crippen molar-refractivity contribution in [3.8, 4) is 17.2 Å². The second-order valence-corrected chi connectivity index (χ2v) is 11.8. The number of carbonyl (C=O) groups is 2. The quantitative estimate of drug-likeness (QED) is 0.235. The van der Waals surface area contributed by atoms with Gasteiger partial charge in [-0.15, -0.1) is 0 Å². The molecule has 4 N–H and O–H groups in total. The van der Waals surface area contributed by atoms with Crippen molar-refractivity contribution in [1.82, 2.24) is 0 Å². The molecule has 0 bridgehead atoms. The van der Waals surface area contributed by atoms with Gasteiger partial charge in [0.2, 0.25) is 0 Å². The summed E-state index contributed by atoms with van der Waals surface area (Å²) in [6.45, 7) is 11.7. The van der Waals surface area contributed by atoms with E-state index in [-0.39, 0.29) is 41.4 Å². The van der Waals surface area contributed by atoms with Gasteiger partial charge in [-0.1, -0.05) is 39.3 Å². The number of carbonyl (C=O) groups excluding carboxylic acids is 2. The summed E-state index contributed by atoms with van der Waals surface area (Å²) >= 11 is 0. The zero-order valence-corrected chi connectivity index (χ0v) is 21.3. The van der Waals surface area contributed by atoms with Gasteiger partial charge in [0, 0.05) is 17.9 Å². The minimum atomic E-state index is -0.866. The molecule has 0 unspecified atom stereocenters. The van der Waals surface area contributed by atoms with E-state index in [9.17, 15) is 30.0 Å². The van der Waals surface area contributed by atoms with Gasteiger partial charge in [0.05, 0.1) is 11.2 Å². The van der Waals surface area contributed by atoms with Gasteiger partial charge in [-0.2, -0.15) is 0 Å². The van der Waals surface area contributed by atoms with Crippen LogP contribution in [-0.2, 0) is 6.42 Å². The van der Waals surface area contributed by atoms with Gasteiger partial charge in [-0.3, -0.25) is 9.59 Å². The Balaban J connectivity index is 2.13. The molecule has 1 aromatic carbocycles. The van der Waals surface area contributed by atoms with Crippen molar-refractivity contribution in [2.24, 2.45) is 29.1 Å². The Kier molecular flexibility index (Phi) is 7.24. The van der Waals surface area contributed by atoms with Gasteiger partial charge >= 0.3 is 0 Å². The number of rotatable bonds is 7. The zero-order valence-electron chi connectivity index (χ0n) is 21.3. The largest absolute Gasteiger partial charge is 0.507 e. The number of Topliss-reactive ketones (excluding diaryl/α,β-unsaturated/α-hetero) is 1. The molecule has 1 aromatic rings. The van der Waals surface area contributed by atoms with Crippen LogP contribution in [0.2, 0.25) is 0 Å². The molecule has 0 amide bonds. The van der Waals surface area contributed by atoms with E-state index >= 15 is 0 Å². The normalized spacial score (nSPS) is 27.3. The third-order valence-electron chi connectivity index (χ3n) is 8.12. The van der Waals surface area contributed by atoms with Crippen LogP contribution in [0.4, 0.5) is 0 Å². The highest BCUT2D eigenvalue weighted by molar-refractivity contribution is 6.05. The predicted octanol–water partition coefficient (Wildman–Crippen LogP) is 5.55. The van der Waals surface area contributed by atoms with Crippen molar-refractivity contribution in [2.45, 2.75) is 85.7 Å². The molecule has 1 saturated carbocycles. The zero-order chi connectivity index (χ0) is 25.6. The number of hydrogen-bond acceptors (Lipinski definition) is 6. The molecule has 2 aliphatic rings. The van der Waals surface area contributed by atoms with Gasteiger partial charge < -0.3 is 20.4 Å². The third kappa shape index (κ3) is 4.74. The predicted molar refractivity (Wildman–Crippen MR) is 131 cm³/mol. The van der Waals surface area contributed by atoms with Crippen LogP contribution in [0.5, 0.6) is 17.2 Å². The van der Waals surface area contributed by atoms with Crippen molar-refractivity contribution >= 4 is 12.1 Å². The monoisotopic (exact) mass is 472 g/mol. The molecule has 6 nitrogen and oxygen atoms in total. The number of aromatic hydroxyl groups is 3. The van der Waals surface area contributed by atoms with Crippen LogP contribution in [-0.4, -0.2) is 38.1 Å². The van der Waals surface area contributed by atoms with E-state index in [4.69, 9.17) is 0 Å². The number of phenolic OH excluding ortho intramolecular Hbond substituents is 3.